The summed E-state index contributed by atoms with van der Waals surface area (Å²) in [6, 6.07) is 21.1. The van der Waals surface area contributed by atoms with Crippen molar-refractivity contribution in [1.82, 2.24) is 0 Å². The number of hydrogen-bond donors (Lipinski definition) is 1. The summed E-state index contributed by atoms with van der Waals surface area (Å²) in [5.74, 6) is 0.740. The van der Waals surface area contributed by atoms with E-state index in [0.29, 0.717) is 46.2 Å². The number of methoxy groups -OCH3 is 1. The van der Waals surface area contributed by atoms with Crippen LogP contribution in [0.4, 0.5) is 5.69 Å². The second kappa shape index (κ2) is 12.1. The fraction of sp³-hybridized carbons (Fsp3) is 0.148. The molecule has 0 saturated heterocycles. The Kier molecular flexibility index (Phi) is 8.72. The molecule has 176 valence electrons. The molecule has 3 rings (SSSR count). The molecule has 3 aromatic carbocycles. The van der Waals surface area contributed by atoms with Gasteiger partial charge in [-0.2, -0.15) is 10.5 Å². The van der Waals surface area contributed by atoms with Crippen LogP contribution in [0.1, 0.15) is 23.6 Å². The van der Waals surface area contributed by atoms with Crippen molar-refractivity contribution in [3.8, 4) is 29.4 Å². The first-order chi connectivity index (χ1) is 17.0. The van der Waals surface area contributed by atoms with Crippen LogP contribution in [-0.4, -0.2) is 19.6 Å². The minimum Gasteiger partial charge on any atom is -0.497 e. The second-order valence-corrected chi connectivity index (χ2v) is 7.58. The number of carbonyl (C=O) groups excluding carboxylic acids is 1. The zero-order chi connectivity index (χ0) is 25.2. The Morgan fingerprint density at radius 3 is 2.49 bits per heavy atom. The van der Waals surface area contributed by atoms with Crippen molar-refractivity contribution in [2.45, 2.75) is 13.5 Å². The van der Waals surface area contributed by atoms with Crippen LogP contribution in [0, 0.1) is 22.7 Å². The van der Waals surface area contributed by atoms with Gasteiger partial charge in [-0.1, -0.05) is 29.8 Å². The minimum atomic E-state index is -0.569. The maximum Gasteiger partial charge on any atom is 0.266 e. The number of nitrogens with zero attached hydrogens (tertiary/aromatic N) is 2. The van der Waals surface area contributed by atoms with E-state index in [1.165, 1.54) is 6.08 Å². The van der Waals surface area contributed by atoms with E-state index < -0.39 is 5.91 Å². The van der Waals surface area contributed by atoms with Crippen LogP contribution < -0.4 is 19.5 Å². The highest BCUT2D eigenvalue weighted by atomic mass is 35.5. The van der Waals surface area contributed by atoms with Gasteiger partial charge in [0.15, 0.2) is 11.5 Å². The topological polar surface area (TPSA) is 104 Å². The molecule has 0 saturated carbocycles. The second-order valence-electron chi connectivity index (χ2n) is 7.17. The van der Waals surface area contributed by atoms with Gasteiger partial charge in [0, 0.05) is 11.3 Å². The van der Waals surface area contributed by atoms with Gasteiger partial charge in [-0.15, -0.1) is 0 Å². The Morgan fingerprint density at radius 2 is 1.83 bits per heavy atom. The van der Waals surface area contributed by atoms with Gasteiger partial charge >= 0.3 is 0 Å². The molecule has 0 radical (unpaired) electrons. The van der Waals surface area contributed by atoms with Gasteiger partial charge in [-0.05, 0) is 61.0 Å². The molecule has 0 heterocycles. The summed E-state index contributed by atoms with van der Waals surface area (Å²) in [7, 11) is 1.55. The first-order valence-corrected chi connectivity index (χ1v) is 11.0. The highest BCUT2D eigenvalue weighted by molar-refractivity contribution is 6.32. The molecule has 0 aromatic heterocycles. The van der Waals surface area contributed by atoms with Gasteiger partial charge in [0.25, 0.3) is 5.91 Å². The Labute approximate surface area is 208 Å². The van der Waals surface area contributed by atoms with E-state index in [-0.39, 0.29) is 17.2 Å². The Balaban J connectivity index is 1.84. The van der Waals surface area contributed by atoms with Crippen molar-refractivity contribution in [2.24, 2.45) is 0 Å². The average Bonchev–Trinajstić information content (AvgIpc) is 2.87. The molecule has 0 fully saturated rings. The van der Waals surface area contributed by atoms with E-state index in [1.807, 2.05) is 19.1 Å². The van der Waals surface area contributed by atoms with Gasteiger partial charge in [0.1, 0.15) is 24.0 Å². The maximum absolute atomic E-state index is 12.6. The number of rotatable bonds is 9. The monoisotopic (exact) mass is 487 g/mol. The quantitative estimate of drug-likeness (QED) is 0.304. The lowest BCUT2D eigenvalue weighted by molar-refractivity contribution is -0.112. The minimum absolute atomic E-state index is 0.115. The molecule has 0 unspecified atom stereocenters. The van der Waals surface area contributed by atoms with Crippen LogP contribution >= 0.6 is 11.6 Å². The summed E-state index contributed by atoms with van der Waals surface area (Å²) in [6.07, 6.45) is 1.42. The Bertz CT molecular complexity index is 1320. The lowest BCUT2D eigenvalue weighted by atomic mass is 10.1. The van der Waals surface area contributed by atoms with Crippen molar-refractivity contribution in [3.63, 3.8) is 0 Å². The van der Waals surface area contributed by atoms with Gasteiger partial charge in [-0.25, -0.2) is 0 Å². The summed E-state index contributed by atoms with van der Waals surface area (Å²) in [5, 5.41) is 21.8. The molecular formula is C27H22ClN3O4. The number of nitrogens with one attached hydrogen (secondary N) is 1. The van der Waals surface area contributed by atoms with Gasteiger partial charge in [0.05, 0.1) is 30.4 Å². The summed E-state index contributed by atoms with van der Waals surface area (Å²) < 4.78 is 16.7. The summed E-state index contributed by atoms with van der Waals surface area (Å²) in [4.78, 5) is 12.6. The van der Waals surface area contributed by atoms with Crippen molar-refractivity contribution in [1.29, 1.82) is 10.5 Å². The summed E-state index contributed by atoms with van der Waals surface area (Å²) >= 11 is 6.48. The first kappa shape index (κ1) is 25.2. The van der Waals surface area contributed by atoms with Gasteiger partial charge in [0.2, 0.25) is 0 Å². The molecule has 0 aliphatic rings. The smallest absolute Gasteiger partial charge is 0.266 e. The number of carbonyl (C=O) groups is 1. The van der Waals surface area contributed by atoms with Crippen molar-refractivity contribution in [2.75, 3.05) is 19.0 Å². The molecule has 1 amide bonds. The maximum atomic E-state index is 12.6. The van der Waals surface area contributed by atoms with E-state index in [9.17, 15) is 15.3 Å². The average molecular weight is 488 g/mol. The standard InChI is InChI=1S/C27H22ClN3O4/c1-3-34-25-14-18(12-21(16-30)27(32)31-22-8-10-23(33-2)11-9-22)13-24(28)26(25)35-17-20-7-5-4-6-19(20)15-29/h4-14H,3,17H2,1-2H3,(H,31,32)/b21-12+. The molecular weight excluding hydrogens is 466 g/mol. The van der Waals surface area contributed by atoms with Crippen LogP contribution in [0.5, 0.6) is 17.2 Å². The third-order valence-electron chi connectivity index (χ3n) is 4.87. The largest absolute Gasteiger partial charge is 0.497 e. The van der Waals surface area contributed by atoms with E-state index in [4.69, 9.17) is 25.8 Å². The summed E-state index contributed by atoms with van der Waals surface area (Å²) in [5.41, 5.74) is 2.11. The molecule has 8 heteroatoms. The van der Waals surface area contributed by atoms with Crippen LogP contribution in [0.2, 0.25) is 5.02 Å². The van der Waals surface area contributed by atoms with E-state index >= 15 is 0 Å². The molecule has 7 nitrogen and oxygen atoms in total. The van der Waals surface area contributed by atoms with Crippen LogP contribution in [-0.2, 0) is 11.4 Å². The third kappa shape index (κ3) is 6.54. The van der Waals surface area contributed by atoms with Crippen LogP contribution in [0.25, 0.3) is 6.08 Å². The third-order valence-corrected chi connectivity index (χ3v) is 5.15. The normalized spacial score (nSPS) is 10.6. The number of nitriles is 2. The predicted molar refractivity (Wildman–Crippen MR) is 133 cm³/mol. The number of ether oxygens (including phenoxy) is 3. The molecule has 35 heavy (non-hydrogen) atoms. The highest BCUT2D eigenvalue weighted by Gasteiger charge is 2.15. The zero-order valence-electron chi connectivity index (χ0n) is 19.2. The van der Waals surface area contributed by atoms with Crippen LogP contribution in [0.15, 0.2) is 66.2 Å². The highest BCUT2D eigenvalue weighted by Crippen LogP contribution is 2.38. The molecule has 0 aliphatic carbocycles. The molecule has 0 atom stereocenters. The molecule has 0 bridgehead atoms. The molecule has 3 aromatic rings. The Hall–Kier alpha value is -4.46. The lowest BCUT2D eigenvalue weighted by Crippen LogP contribution is -2.13. The van der Waals surface area contributed by atoms with Gasteiger partial charge in [-0.3, -0.25) is 4.79 Å². The zero-order valence-corrected chi connectivity index (χ0v) is 19.9. The van der Waals surface area contributed by atoms with E-state index in [1.54, 1.807) is 61.7 Å². The fourth-order valence-electron chi connectivity index (χ4n) is 3.17. The van der Waals surface area contributed by atoms with E-state index in [0.717, 1.165) is 0 Å². The predicted octanol–water partition coefficient (Wildman–Crippen LogP) is 5.74. The Morgan fingerprint density at radius 1 is 1.09 bits per heavy atom. The number of anilines is 1. The number of benzene rings is 3. The van der Waals surface area contributed by atoms with Crippen LogP contribution in [0.3, 0.4) is 0 Å². The van der Waals surface area contributed by atoms with Crippen molar-refractivity contribution < 1.29 is 19.0 Å². The van der Waals surface area contributed by atoms with Gasteiger partial charge < -0.3 is 19.5 Å². The number of amides is 1. The van der Waals surface area contributed by atoms with E-state index in [2.05, 4.69) is 11.4 Å². The molecule has 0 aliphatic heterocycles. The molecule has 1 N–H and O–H groups in total. The molecule has 0 spiro atoms. The number of hydrogen-bond acceptors (Lipinski definition) is 6. The van der Waals surface area contributed by atoms with Crippen molar-refractivity contribution >= 4 is 29.3 Å². The SMILES string of the molecule is CCOc1cc(/C=C(\C#N)C(=O)Nc2ccc(OC)cc2)cc(Cl)c1OCc1ccccc1C#N. The first-order valence-electron chi connectivity index (χ1n) is 10.6. The number of halogens is 1. The fourth-order valence-corrected chi connectivity index (χ4v) is 3.44. The summed E-state index contributed by atoms with van der Waals surface area (Å²) in [6.45, 7) is 2.28. The lowest BCUT2D eigenvalue weighted by Gasteiger charge is -2.15. The van der Waals surface area contributed by atoms with Crippen molar-refractivity contribution in [3.05, 3.63) is 87.9 Å².